The van der Waals surface area contributed by atoms with E-state index >= 15 is 0 Å². The number of amides is 1. The lowest BCUT2D eigenvalue weighted by Gasteiger charge is -2.06. The Morgan fingerprint density at radius 3 is 2.77 bits per heavy atom. The standard InChI is InChI=1S/C22H20N2O5S/c1-3-28-11-10-24-16-9-8-15(21(26)27-2)13-19(16)30-22(24)23-20(25)18-12-14-6-4-5-7-17(14)29-18/h4-9,12-13H,3,10-11H2,1-2H3. The number of furan rings is 1. The van der Waals surface area contributed by atoms with Crippen molar-refractivity contribution in [2.24, 2.45) is 4.99 Å². The van der Waals surface area contributed by atoms with Gasteiger partial charge >= 0.3 is 11.9 Å². The van der Waals surface area contributed by atoms with Crippen LogP contribution in [0, 0.1) is 0 Å². The quantitative estimate of drug-likeness (QED) is 0.345. The molecule has 154 valence electrons. The third-order valence-electron chi connectivity index (χ3n) is 4.60. The first kappa shape index (κ1) is 20.1. The van der Waals surface area contributed by atoms with E-state index < -0.39 is 11.9 Å². The van der Waals surface area contributed by atoms with E-state index in [-0.39, 0.29) is 5.76 Å². The fraction of sp³-hybridized carbons (Fsp3) is 0.227. The van der Waals surface area contributed by atoms with Gasteiger partial charge < -0.3 is 18.5 Å². The van der Waals surface area contributed by atoms with Crippen LogP contribution < -0.4 is 4.80 Å². The van der Waals surface area contributed by atoms with Gasteiger partial charge in [-0.25, -0.2) is 4.79 Å². The van der Waals surface area contributed by atoms with Crippen LogP contribution in [0.2, 0.25) is 0 Å². The van der Waals surface area contributed by atoms with Crippen molar-refractivity contribution in [3.63, 3.8) is 0 Å². The minimum Gasteiger partial charge on any atom is -0.465 e. The number of benzene rings is 2. The number of esters is 1. The van der Waals surface area contributed by atoms with Crippen molar-refractivity contribution in [1.29, 1.82) is 0 Å². The summed E-state index contributed by atoms with van der Waals surface area (Å²) in [7, 11) is 1.34. The summed E-state index contributed by atoms with van der Waals surface area (Å²) < 4.78 is 18.7. The van der Waals surface area contributed by atoms with E-state index in [1.165, 1.54) is 18.4 Å². The van der Waals surface area contributed by atoms with Crippen LogP contribution in [-0.4, -0.2) is 36.8 Å². The normalized spacial score (nSPS) is 12.0. The fourth-order valence-corrected chi connectivity index (χ4v) is 4.24. The van der Waals surface area contributed by atoms with Gasteiger partial charge in [-0.2, -0.15) is 4.99 Å². The van der Waals surface area contributed by atoms with Gasteiger partial charge in [-0.15, -0.1) is 0 Å². The van der Waals surface area contributed by atoms with Crippen LogP contribution in [0.3, 0.4) is 0 Å². The molecular weight excluding hydrogens is 404 g/mol. The Kier molecular flexibility index (Phi) is 5.78. The van der Waals surface area contributed by atoms with Gasteiger partial charge in [0.05, 0.1) is 29.5 Å². The lowest BCUT2D eigenvalue weighted by molar-refractivity contribution is 0.0600. The van der Waals surface area contributed by atoms with Crippen molar-refractivity contribution in [1.82, 2.24) is 4.57 Å². The Balaban J connectivity index is 1.79. The first-order valence-corrected chi connectivity index (χ1v) is 10.3. The Bertz CT molecular complexity index is 1260. The molecule has 0 aliphatic heterocycles. The maximum Gasteiger partial charge on any atom is 0.337 e. The molecule has 4 rings (SSSR count). The molecule has 0 saturated carbocycles. The number of thiazole rings is 1. The maximum absolute atomic E-state index is 12.8. The number of carbonyl (C=O) groups excluding carboxylic acids is 2. The van der Waals surface area contributed by atoms with Gasteiger partial charge in [-0.05, 0) is 37.3 Å². The van der Waals surface area contributed by atoms with Crippen LogP contribution in [0.1, 0.15) is 27.8 Å². The number of hydrogen-bond donors (Lipinski definition) is 0. The van der Waals surface area contributed by atoms with Crippen LogP contribution >= 0.6 is 11.3 Å². The number of nitrogens with zero attached hydrogens (tertiary/aromatic N) is 2. The van der Waals surface area contributed by atoms with Crippen molar-refractivity contribution in [2.75, 3.05) is 20.3 Å². The molecule has 0 unspecified atom stereocenters. The molecule has 2 aromatic heterocycles. The highest BCUT2D eigenvalue weighted by Gasteiger charge is 2.15. The van der Waals surface area contributed by atoms with Crippen LogP contribution in [0.15, 0.2) is 57.9 Å². The molecule has 0 atom stereocenters. The molecule has 1 amide bonds. The van der Waals surface area contributed by atoms with Crippen molar-refractivity contribution in [3.8, 4) is 0 Å². The summed E-state index contributed by atoms with van der Waals surface area (Å²) >= 11 is 1.32. The summed E-state index contributed by atoms with van der Waals surface area (Å²) in [6.07, 6.45) is 0. The molecule has 0 bridgehead atoms. The van der Waals surface area contributed by atoms with Crippen molar-refractivity contribution in [2.45, 2.75) is 13.5 Å². The second-order valence-corrected chi connectivity index (χ2v) is 7.48. The first-order chi connectivity index (χ1) is 14.6. The summed E-state index contributed by atoms with van der Waals surface area (Å²) in [6.45, 7) is 3.53. The maximum atomic E-state index is 12.8. The highest BCUT2D eigenvalue weighted by atomic mass is 32.1. The fourth-order valence-electron chi connectivity index (χ4n) is 3.15. The Hall–Kier alpha value is -3.23. The highest BCUT2D eigenvalue weighted by molar-refractivity contribution is 7.16. The first-order valence-electron chi connectivity index (χ1n) is 9.47. The summed E-state index contributed by atoms with van der Waals surface area (Å²) in [6, 6.07) is 14.4. The average Bonchev–Trinajstić information content (AvgIpc) is 3.34. The molecule has 0 radical (unpaired) electrons. The summed E-state index contributed by atoms with van der Waals surface area (Å²) in [5, 5.41) is 0.847. The molecule has 0 spiro atoms. The van der Waals surface area contributed by atoms with Gasteiger partial charge in [0.25, 0.3) is 0 Å². The second-order valence-electron chi connectivity index (χ2n) is 6.47. The largest absolute Gasteiger partial charge is 0.465 e. The van der Waals surface area contributed by atoms with Gasteiger partial charge in [-0.3, -0.25) is 4.79 Å². The van der Waals surface area contributed by atoms with E-state index in [1.54, 1.807) is 18.2 Å². The number of hydrogen-bond acceptors (Lipinski definition) is 6. The van der Waals surface area contributed by atoms with Crippen LogP contribution in [-0.2, 0) is 16.0 Å². The summed E-state index contributed by atoms with van der Waals surface area (Å²) in [4.78, 5) is 29.5. The molecule has 0 aliphatic carbocycles. The monoisotopic (exact) mass is 424 g/mol. The Morgan fingerprint density at radius 2 is 2.00 bits per heavy atom. The minimum absolute atomic E-state index is 0.181. The highest BCUT2D eigenvalue weighted by Crippen LogP contribution is 2.21. The van der Waals surface area contributed by atoms with E-state index in [9.17, 15) is 9.59 Å². The topological polar surface area (TPSA) is 83.0 Å². The molecule has 30 heavy (non-hydrogen) atoms. The molecule has 2 aromatic carbocycles. The number of carbonyl (C=O) groups is 2. The number of methoxy groups -OCH3 is 1. The third kappa shape index (κ3) is 3.92. The minimum atomic E-state index is -0.462. The van der Waals surface area contributed by atoms with E-state index in [1.807, 2.05) is 41.8 Å². The Morgan fingerprint density at radius 1 is 1.17 bits per heavy atom. The van der Waals surface area contributed by atoms with Crippen molar-refractivity contribution in [3.05, 3.63) is 64.7 Å². The SMILES string of the molecule is CCOCCn1c(=NC(=O)c2cc3ccccc3o2)sc2cc(C(=O)OC)ccc21. The molecule has 0 aliphatic rings. The zero-order chi connectivity index (χ0) is 21.1. The number of ether oxygens (including phenoxy) is 2. The molecule has 4 aromatic rings. The van der Waals surface area contributed by atoms with Crippen molar-refractivity contribution >= 4 is 44.4 Å². The molecule has 0 saturated heterocycles. The molecule has 0 fully saturated rings. The molecule has 2 heterocycles. The van der Waals surface area contributed by atoms with E-state index in [0.717, 1.165) is 15.6 Å². The lowest BCUT2D eigenvalue weighted by Crippen LogP contribution is -2.19. The predicted molar refractivity (Wildman–Crippen MR) is 114 cm³/mol. The predicted octanol–water partition coefficient (Wildman–Crippen LogP) is 4.01. The van der Waals surface area contributed by atoms with Gasteiger partial charge in [0, 0.05) is 18.5 Å². The molecule has 7 nitrogen and oxygen atoms in total. The molecule has 0 N–H and O–H groups in total. The number of aromatic nitrogens is 1. The van der Waals surface area contributed by atoms with Gasteiger partial charge in [-0.1, -0.05) is 29.5 Å². The van der Waals surface area contributed by atoms with Gasteiger partial charge in [0.1, 0.15) is 5.58 Å². The van der Waals surface area contributed by atoms with Crippen LogP contribution in [0.25, 0.3) is 21.2 Å². The second kappa shape index (κ2) is 8.64. The van der Waals surface area contributed by atoms with Crippen molar-refractivity contribution < 1.29 is 23.5 Å². The average molecular weight is 424 g/mol. The zero-order valence-electron chi connectivity index (χ0n) is 16.6. The smallest absolute Gasteiger partial charge is 0.337 e. The van der Waals surface area contributed by atoms with E-state index in [4.69, 9.17) is 13.9 Å². The number of rotatable bonds is 6. The van der Waals surface area contributed by atoms with E-state index in [2.05, 4.69) is 4.99 Å². The van der Waals surface area contributed by atoms with E-state index in [0.29, 0.717) is 35.7 Å². The molecule has 8 heteroatoms. The van der Waals surface area contributed by atoms with Crippen LogP contribution in [0.4, 0.5) is 0 Å². The summed E-state index contributed by atoms with van der Waals surface area (Å²) in [5.74, 6) is -0.695. The van der Waals surface area contributed by atoms with Gasteiger partial charge in [0.2, 0.25) is 0 Å². The van der Waals surface area contributed by atoms with Crippen LogP contribution in [0.5, 0.6) is 0 Å². The molecular formula is C22H20N2O5S. The summed E-state index contributed by atoms with van der Waals surface area (Å²) in [5.41, 5.74) is 1.95. The third-order valence-corrected chi connectivity index (χ3v) is 5.64. The number of fused-ring (bicyclic) bond motifs is 2. The van der Waals surface area contributed by atoms with Gasteiger partial charge in [0.15, 0.2) is 10.6 Å². The lowest BCUT2D eigenvalue weighted by atomic mass is 10.2. The number of para-hydroxylation sites is 1. The zero-order valence-corrected chi connectivity index (χ0v) is 17.4. The Labute approximate surface area is 176 Å².